The molecule has 2 N–H and O–H groups in total. The molecule has 1 aromatic carbocycles. The lowest BCUT2D eigenvalue weighted by atomic mass is 10.1. The van der Waals surface area contributed by atoms with Crippen LogP contribution in [0.4, 0.5) is 0 Å². The van der Waals surface area contributed by atoms with Gasteiger partial charge in [-0.25, -0.2) is 0 Å². The summed E-state index contributed by atoms with van der Waals surface area (Å²) in [5.41, 5.74) is 4.08. The molecule has 1 amide bonds. The van der Waals surface area contributed by atoms with E-state index in [1.807, 2.05) is 25.1 Å². The fourth-order valence-corrected chi connectivity index (χ4v) is 2.49. The predicted octanol–water partition coefficient (Wildman–Crippen LogP) is 3.19. The van der Waals surface area contributed by atoms with Crippen LogP contribution >= 0.6 is 0 Å². The zero-order valence-electron chi connectivity index (χ0n) is 13.4. The van der Waals surface area contributed by atoms with Gasteiger partial charge in [0.1, 0.15) is 0 Å². The molecule has 0 saturated carbocycles. The topological polar surface area (TPSA) is 54.1 Å². The van der Waals surface area contributed by atoms with Crippen molar-refractivity contribution in [3.05, 3.63) is 35.0 Å². The Morgan fingerprint density at radius 2 is 2.05 bits per heavy atom. The van der Waals surface area contributed by atoms with Gasteiger partial charge in [0, 0.05) is 35.8 Å². The summed E-state index contributed by atoms with van der Waals surface area (Å²) in [6.45, 7) is 8.79. The Morgan fingerprint density at radius 3 is 2.67 bits per heavy atom. The third-order valence-corrected chi connectivity index (χ3v) is 4.08. The SMILES string of the molecule is CO[C@@H](CNC(=O)c1ccc2[nH]c(C)c(C)c2c1)C(C)C. The minimum atomic E-state index is -0.0575. The highest BCUT2D eigenvalue weighted by Crippen LogP contribution is 2.22. The molecule has 1 atom stereocenters. The summed E-state index contributed by atoms with van der Waals surface area (Å²) >= 11 is 0. The van der Waals surface area contributed by atoms with E-state index in [4.69, 9.17) is 4.74 Å². The van der Waals surface area contributed by atoms with Gasteiger partial charge in [-0.15, -0.1) is 0 Å². The van der Waals surface area contributed by atoms with Crippen molar-refractivity contribution >= 4 is 16.8 Å². The summed E-state index contributed by atoms with van der Waals surface area (Å²) in [5.74, 6) is 0.310. The van der Waals surface area contributed by atoms with Gasteiger partial charge in [-0.1, -0.05) is 13.8 Å². The van der Waals surface area contributed by atoms with Crippen LogP contribution in [0.3, 0.4) is 0 Å². The Morgan fingerprint density at radius 1 is 1.33 bits per heavy atom. The summed E-state index contributed by atoms with van der Waals surface area (Å²) in [7, 11) is 1.68. The normalized spacial score (nSPS) is 12.9. The van der Waals surface area contributed by atoms with Gasteiger partial charge in [0.15, 0.2) is 0 Å². The van der Waals surface area contributed by atoms with Crippen molar-refractivity contribution < 1.29 is 9.53 Å². The van der Waals surface area contributed by atoms with Crippen LogP contribution < -0.4 is 5.32 Å². The Labute approximate surface area is 125 Å². The van der Waals surface area contributed by atoms with Crippen molar-refractivity contribution in [1.29, 1.82) is 0 Å². The van der Waals surface area contributed by atoms with E-state index >= 15 is 0 Å². The van der Waals surface area contributed by atoms with E-state index in [2.05, 4.69) is 31.1 Å². The molecule has 2 rings (SSSR count). The van der Waals surface area contributed by atoms with Crippen molar-refractivity contribution in [3.8, 4) is 0 Å². The van der Waals surface area contributed by atoms with E-state index in [0.29, 0.717) is 18.0 Å². The van der Waals surface area contributed by atoms with Gasteiger partial charge in [-0.05, 0) is 43.5 Å². The number of carbonyl (C=O) groups excluding carboxylic acids is 1. The van der Waals surface area contributed by atoms with E-state index in [1.165, 1.54) is 5.56 Å². The van der Waals surface area contributed by atoms with Gasteiger partial charge < -0.3 is 15.0 Å². The molecule has 0 radical (unpaired) electrons. The van der Waals surface area contributed by atoms with E-state index in [1.54, 1.807) is 7.11 Å². The number of aromatic amines is 1. The van der Waals surface area contributed by atoms with Crippen LogP contribution in [0.2, 0.25) is 0 Å². The van der Waals surface area contributed by atoms with Crippen LogP contribution in [0.15, 0.2) is 18.2 Å². The molecule has 114 valence electrons. The molecule has 0 aliphatic carbocycles. The molecule has 0 bridgehead atoms. The van der Waals surface area contributed by atoms with Gasteiger partial charge >= 0.3 is 0 Å². The van der Waals surface area contributed by atoms with Crippen molar-refractivity contribution in [3.63, 3.8) is 0 Å². The maximum Gasteiger partial charge on any atom is 0.251 e. The molecule has 2 aromatic rings. The minimum absolute atomic E-state index is 0.0360. The number of aromatic nitrogens is 1. The fraction of sp³-hybridized carbons (Fsp3) is 0.471. The largest absolute Gasteiger partial charge is 0.379 e. The molecular weight excluding hydrogens is 264 g/mol. The maximum atomic E-state index is 12.3. The van der Waals surface area contributed by atoms with E-state index in [0.717, 1.165) is 16.6 Å². The number of fused-ring (bicyclic) bond motifs is 1. The number of methoxy groups -OCH3 is 1. The van der Waals surface area contributed by atoms with Crippen molar-refractivity contribution in [2.24, 2.45) is 5.92 Å². The third kappa shape index (κ3) is 3.27. The standard InChI is InChI=1S/C17H24N2O2/c1-10(2)16(21-5)9-18-17(20)13-6-7-15-14(8-13)11(3)12(4)19-15/h6-8,10,16,19H,9H2,1-5H3,(H,18,20)/t16-/m0/s1. The van der Waals surface area contributed by atoms with Crippen LogP contribution in [0.25, 0.3) is 10.9 Å². The lowest BCUT2D eigenvalue weighted by Gasteiger charge is -2.19. The molecule has 4 nitrogen and oxygen atoms in total. The Hall–Kier alpha value is -1.81. The van der Waals surface area contributed by atoms with Crippen molar-refractivity contribution in [2.45, 2.75) is 33.8 Å². The highest BCUT2D eigenvalue weighted by Gasteiger charge is 2.15. The van der Waals surface area contributed by atoms with E-state index in [9.17, 15) is 4.79 Å². The molecule has 0 aliphatic rings. The molecule has 21 heavy (non-hydrogen) atoms. The summed E-state index contributed by atoms with van der Waals surface area (Å²) in [5, 5.41) is 4.05. The Kier molecular flexibility index (Phi) is 4.68. The number of aryl methyl sites for hydroxylation is 2. The number of rotatable bonds is 5. The number of carbonyl (C=O) groups is 1. The first-order chi connectivity index (χ1) is 9.93. The molecule has 0 saturated heterocycles. The molecule has 1 heterocycles. The number of ether oxygens (including phenoxy) is 1. The highest BCUT2D eigenvalue weighted by molar-refractivity contribution is 5.99. The zero-order chi connectivity index (χ0) is 15.6. The molecular formula is C17H24N2O2. The second-order valence-electron chi connectivity index (χ2n) is 5.86. The van der Waals surface area contributed by atoms with Crippen LogP contribution in [0.1, 0.15) is 35.5 Å². The quantitative estimate of drug-likeness (QED) is 0.887. The van der Waals surface area contributed by atoms with Gasteiger partial charge in [0.2, 0.25) is 0 Å². The van der Waals surface area contributed by atoms with Crippen LogP contribution in [0, 0.1) is 19.8 Å². The second-order valence-corrected chi connectivity index (χ2v) is 5.86. The van der Waals surface area contributed by atoms with Crippen molar-refractivity contribution in [2.75, 3.05) is 13.7 Å². The van der Waals surface area contributed by atoms with Crippen molar-refractivity contribution in [1.82, 2.24) is 10.3 Å². The minimum Gasteiger partial charge on any atom is -0.379 e. The zero-order valence-corrected chi connectivity index (χ0v) is 13.4. The number of hydrogen-bond donors (Lipinski definition) is 2. The van der Waals surface area contributed by atoms with Gasteiger partial charge in [-0.2, -0.15) is 0 Å². The summed E-state index contributed by atoms with van der Waals surface area (Å²) in [6, 6.07) is 5.76. The molecule has 0 spiro atoms. The first-order valence-corrected chi connectivity index (χ1v) is 7.34. The third-order valence-electron chi connectivity index (χ3n) is 4.08. The van der Waals surface area contributed by atoms with E-state index < -0.39 is 0 Å². The molecule has 0 fully saturated rings. The maximum absolute atomic E-state index is 12.3. The second kappa shape index (κ2) is 6.31. The number of H-pyrrole nitrogens is 1. The first kappa shape index (κ1) is 15.6. The van der Waals surface area contributed by atoms with Crippen LogP contribution in [-0.2, 0) is 4.74 Å². The number of nitrogens with one attached hydrogen (secondary N) is 2. The molecule has 0 aliphatic heterocycles. The molecule has 1 aromatic heterocycles. The van der Waals surface area contributed by atoms with Gasteiger partial charge in [0.05, 0.1) is 6.10 Å². The van der Waals surface area contributed by atoms with Crippen LogP contribution in [-0.4, -0.2) is 30.6 Å². The summed E-state index contributed by atoms with van der Waals surface area (Å²) < 4.78 is 5.37. The highest BCUT2D eigenvalue weighted by atomic mass is 16.5. The molecule has 4 heteroatoms. The fourth-order valence-electron chi connectivity index (χ4n) is 2.49. The first-order valence-electron chi connectivity index (χ1n) is 7.34. The average molecular weight is 288 g/mol. The van der Waals surface area contributed by atoms with Crippen LogP contribution in [0.5, 0.6) is 0 Å². The Bertz CT molecular complexity index is 644. The Balaban J connectivity index is 2.14. The summed E-state index contributed by atoms with van der Waals surface area (Å²) in [6.07, 6.45) is 0.0360. The lowest BCUT2D eigenvalue weighted by molar-refractivity contribution is 0.0605. The smallest absolute Gasteiger partial charge is 0.251 e. The monoisotopic (exact) mass is 288 g/mol. The molecule has 0 unspecified atom stereocenters. The number of benzene rings is 1. The predicted molar refractivity (Wildman–Crippen MR) is 85.7 cm³/mol. The summed E-state index contributed by atoms with van der Waals surface area (Å²) in [4.78, 5) is 15.6. The average Bonchev–Trinajstić information content (AvgIpc) is 2.74. The number of hydrogen-bond acceptors (Lipinski definition) is 2. The lowest BCUT2D eigenvalue weighted by Crippen LogP contribution is -2.35. The van der Waals surface area contributed by atoms with Gasteiger partial charge in [0.25, 0.3) is 5.91 Å². The van der Waals surface area contributed by atoms with Gasteiger partial charge in [-0.3, -0.25) is 4.79 Å². The number of amides is 1. The van der Waals surface area contributed by atoms with E-state index in [-0.39, 0.29) is 12.0 Å².